The molecule has 21 heavy (non-hydrogen) atoms. The third-order valence-corrected chi connectivity index (χ3v) is 4.43. The van der Waals surface area contributed by atoms with Gasteiger partial charge in [0, 0.05) is 24.5 Å². The Morgan fingerprint density at radius 3 is 2.24 bits per heavy atom. The molecule has 110 valence electrons. The number of halogens is 2. The molecular formula is C16H17Cl2N3. The van der Waals surface area contributed by atoms with Crippen LogP contribution in [0.4, 0.5) is 22.7 Å². The van der Waals surface area contributed by atoms with E-state index in [1.54, 1.807) is 12.1 Å². The predicted octanol–water partition coefficient (Wildman–Crippen LogP) is 4.92. The molecule has 1 heterocycles. The van der Waals surface area contributed by atoms with Gasteiger partial charge in [-0.3, -0.25) is 0 Å². The van der Waals surface area contributed by atoms with Gasteiger partial charge in [-0.2, -0.15) is 0 Å². The van der Waals surface area contributed by atoms with Crippen molar-refractivity contribution in [1.82, 2.24) is 0 Å². The predicted molar refractivity (Wildman–Crippen MR) is 92.0 cm³/mol. The van der Waals surface area contributed by atoms with E-state index in [1.807, 2.05) is 0 Å². The highest BCUT2D eigenvalue weighted by Gasteiger charge is 2.12. The summed E-state index contributed by atoms with van der Waals surface area (Å²) in [5, 5.41) is 4.22. The molecule has 5 heteroatoms. The van der Waals surface area contributed by atoms with Crippen molar-refractivity contribution < 1.29 is 0 Å². The number of nitrogens with one attached hydrogen (secondary N) is 1. The molecule has 0 saturated carbocycles. The Morgan fingerprint density at radius 2 is 1.57 bits per heavy atom. The average Bonchev–Trinajstić information content (AvgIpc) is 3.00. The fraction of sp³-hybridized carbons (Fsp3) is 0.250. The largest absolute Gasteiger partial charge is 0.397 e. The van der Waals surface area contributed by atoms with Gasteiger partial charge < -0.3 is 16.0 Å². The maximum absolute atomic E-state index is 6.03. The van der Waals surface area contributed by atoms with Crippen LogP contribution in [-0.4, -0.2) is 13.1 Å². The molecule has 0 aromatic heterocycles. The maximum atomic E-state index is 6.03. The minimum atomic E-state index is 0.462. The summed E-state index contributed by atoms with van der Waals surface area (Å²) in [5.74, 6) is 0. The van der Waals surface area contributed by atoms with Crippen LogP contribution in [0.2, 0.25) is 10.0 Å². The van der Waals surface area contributed by atoms with E-state index in [4.69, 9.17) is 28.9 Å². The highest BCUT2D eigenvalue weighted by molar-refractivity contribution is 6.42. The number of nitrogen functional groups attached to an aromatic ring is 1. The standard InChI is InChI=1S/C16H17Cl2N3/c17-13-9-15(19)16(10-14(13)18)20-11-3-5-12(6-4-11)21-7-1-2-8-21/h3-6,9-10,20H,1-2,7-8,19H2. The number of hydrogen-bond donors (Lipinski definition) is 2. The lowest BCUT2D eigenvalue weighted by Gasteiger charge is -2.18. The number of nitrogens with two attached hydrogens (primary N) is 1. The van der Waals surface area contributed by atoms with E-state index in [9.17, 15) is 0 Å². The average molecular weight is 322 g/mol. The lowest BCUT2D eigenvalue weighted by molar-refractivity contribution is 0.949. The number of anilines is 4. The monoisotopic (exact) mass is 321 g/mol. The molecule has 3 nitrogen and oxygen atoms in total. The molecule has 1 aliphatic heterocycles. The SMILES string of the molecule is Nc1cc(Cl)c(Cl)cc1Nc1ccc(N2CCCC2)cc1. The molecule has 0 atom stereocenters. The van der Waals surface area contributed by atoms with Gasteiger partial charge in [0.25, 0.3) is 0 Å². The second-order valence-electron chi connectivity index (χ2n) is 5.22. The fourth-order valence-corrected chi connectivity index (χ4v) is 2.89. The molecule has 0 amide bonds. The van der Waals surface area contributed by atoms with Gasteiger partial charge in [0.1, 0.15) is 0 Å². The maximum Gasteiger partial charge on any atom is 0.0633 e. The molecule has 3 rings (SSSR count). The highest BCUT2D eigenvalue weighted by atomic mass is 35.5. The summed E-state index contributed by atoms with van der Waals surface area (Å²) < 4.78 is 0. The number of nitrogens with zero attached hydrogens (tertiary/aromatic N) is 1. The molecular weight excluding hydrogens is 305 g/mol. The third-order valence-electron chi connectivity index (χ3n) is 3.71. The van der Waals surface area contributed by atoms with Gasteiger partial charge in [0.05, 0.1) is 21.4 Å². The van der Waals surface area contributed by atoms with Crippen molar-refractivity contribution in [3.8, 4) is 0 Å². The van der Waals surface area contributed by atoms with Gasteiger partial charge in [0.15, 0.2) is 0 Å². The van der Waals surface area contributed by atoms with E-state index < -0.39 is 0 Å². The van der Waals surface area contributed by atoms with Crippen LogP contribution in [0.25, 0.3) is 0 Å². The summed E-state index contributed by atoms with van der Waals surface area (Å²) in [4.78, 5) is 2.40. The van der Waals surface area contributed by atoms with Crippen molar-refractivity contribution in [3.05, 3.63) is 46.4 Å². The van der Waals surface area contributed by atoms with Gasteiger partial charge in [-0.1, -0.05) is 23.2 Å². The van der Waals surface area contributed by atoms with E-state index >= 15 is 0 Å². The molecule has 0 bridgehead atoms. The Balaban J connectivity index is 1.77. The van der Waals surface area contributed by atoms with Crippen LogP contribution < -0.4 is 16.0 Å². The lowest BCUT2D eigenvalue weighted by atomic mass is 10.2. The summed E-state index contributed by atoms with van der Waals surface area (Å²) in [7, 11) is 0. The Morgan fingerprint density at radius 1 is 0.952 bits per heavy atom. The normalized spacial score (nSPS) is 14.5. The van der Waals surface area contributed by atoms with Gasteiger partial charge in [-0.05, 0) is 49.2 Å². The van der Waals surface area contributed by atoms with Crippen LogP contribution in [0.3, 0.4) is 0 Å². The smallest absolute Gasteiger partial charge is 0.0633 e. The fourth-order valence-electron chi connectivity index (χ4n) is 2.56. The van der Waals surface area contributed by atoms with Gasteiger partial charge in [0.2, 0.25) is 0 Å². The summed E-state index contributed by atoms with van der Waals surface area (Å²) in [6, 6.07) is 11.8. The summed E-state index contributed by atoms with van der Waals surface area (Å²) in [6.45, 7) is 2.29. The zero-order valence-corrected chi connectivity index (χ0v) is 13.1. The van der Waals surface area contributed by atoms with Crippen LogP contribution in [0.5, 0.6) is 0 Å². The van der Waals surface area contributed by atoms with Gasteiger partial charge in [-0.25, -0.2) is 0 Å². The third kappa shape index (κ3) is 3.20. The molecule has 1 fully saturated rings. The van der Waals surface area contributed by atoms with Gasteiger partial charge in [-0.15, -0.1) is 0 Å². The second kappa shape index (κ2) is 6.04. The first-order valence-electron chi connectivity index (χ1n) is 7.00. The first kappa shape index (κ1) is 14.4. The van der Waals surface area contributed by atoms with E-state index in [-0.39, 0.29) is 0 Å². The van der Waals surface area contributed by atoms with Crippen molar-refractivity contribution in [2.24, 2.45) is 0 Å². The molecule has 2 aromatic carbocycles. The lowest BCUT2D eigenvalue weighted by Crippen LogP contribution is -2.17. The molecule has 0 aliphatic carbocycles. The highest BCUT2D eigenvalue weighted by Crippen LogP contribution is 2.33. The van der Waals surface area contributed by atoms with E-state index in [0.29, 0.717) is 15.7 Å². The number of rotatable bonds is 3. The van der Waals surface area contributed by atoms with Crippen LogP contribution in [0.15, 0.2) is 36.4 Å². The Kier molecular flexibility index (Phi) is 4.13. The molecule has 0 radical (unpaired) electrons. The molecule has 1 aliphatic rings. The van der Waals surface area contributed by atoms with Crippen molar-refractivity contribution in [2.75, 3.05) is 29.0 Å². The molecule has 1 saturated heterocycles. The quantitative estimate of drug-likeness (QED) is 0.788. The number of benzene rings is 2. The van der Waals surface area contributed by atoms with Gasteiger partial charge >= 0.3 is 0 Å². The first-order valence-corrected chi connectivity index (χ1v) is 7.75. The Hall–Kier alpha value is -1.58. The Bertz CT molecular complexity index is 635. The summed E-state index contributed by atoms with van der Waals surface area (Å²) in [6.07, 6.45) is 2.56. The molecule has 0 spiro atoms. The molecule has 2 aromatic rings. The van der Waals surface area contributed by atoms with Crippen LogP contribution >= 0.6 is 23.2 Å². The second-order valence-corrected chi connectivity index (χ2v) is 6.03. The number of hydrogen-bond acceptors (Lipinski definition) is 3. The van der Waals surface area contributed by atoms with Crippen LogP contribution in [-0.2, 0) is 0 Å². The van der Waals surface area contributed by atoms with E-state index in [0.717, 1.165) is 24.5 Å². The summed E-state index contributed by atoms with van der Waals surface area (Å²) >= 11 is 12.0. The summed E-state index contributed by atoms with van der Waals surface area (Å²) in [5.41, 5.74) is 9.53. The van der Waals surface area contributed by atoms with Crippen molar-refractivity contribution >= 4 is 46.0 Å². The minimum Gasteiger partial charge on any atom is -0.397 e. The zero-order chi connectivity index (χ0) is 14.8. The molecule has 0 unspecified atom stereocenters. The van der Waals surface area contributed by atoms with E-state index in [1.165, 1.54) is 18.5 Å². The van der Waals surface area contributed by atoms with Crippen LogP contribution in [0.1, 0.15) is 12.8 Å². The van der Waals surface area contributed by atoms with Crippen LogP contribution in [0, 0.1) is 0 Å². The topological polar surface area (TPSA) is 41.3 Å². The minimum absolute atomic E-state index is 0.462. The van der Waals surface area contributed by atoms with Crippen molar-refractivity contribution in [2.45, 2.75) is 12.8 Å². The zero-order valence-electron chi connectivity index (χ0n) is 11.6. The Labute approximate surface area is 134 Å². The van der Waals surface area contributed by atoms with Crippen molar-refractivity contribution in [1.29, 1.82) is 0 Å². The first-order chi connectivity index (χ1) is 10.1. The van der Waals surface area contributed by atoms with E-state index in [2.05, 4.69) is 34.5 Å². The molecule has 3 N–H and O–H groups in total. The van der Waals surface area contributed by atoms with Crippen molar-refractivity contribution in [3.63, 3.8) is 0 Å².